The molecule has 0 aliphatic carbocycles. The minimum absolute atomic E-state index is 0.00420. The van der Waals surface area contributed by atoms with Crippen LogP contribution in [0, 0.1) is 5.82 Å². The molecule has 0 spiro atoms. The Bertz CT molecular complexity index is 585. The Kier molecular flexibility index (Phi) is 4.31. The van der Waals surface area contributed by atoms with Gasteiger partial charge in [-0.15, -0.1) is 11.3 Å². The zero-order valence-electron chi connectivity index (χ0n) is 9.15. The molecular formula is C12H9BrFNOS2. The van der Waals surface area contributed by atoms with Gasteiger partial charge in [-0.2, -0.15) is 0 Å². The number of halogens is 2. The lowest BCUT2D eigenvalue weighted by Gasteiger charge is -2.10. The van der Waals surface area contributed by atoms with Gasteiger partial charge in [-0.3, -0.25) is 0 Å². The van der Waals surface area contributed by atoms with Crippen LogP contribution in [-0.2, 0) is 6.61 Å². The van der Waals surface area contributed by atoms with Crippen LogP contribution >= 0.6 is 39.5 Å². The monoisotopic (exact) mass is 345 g/mol. The molecule has 0 aliphatic rings. The van der Waals surface area contributed by atoms with Gasteiger partial charge >= 0.3 is 0 Å². The maximum absolute atomic E-state index is 13.6. The van der Waals surface area contributed by atoms with Crippen LogP contribution in [-0.4, -0.2) is 4.99 Å². The van der Waals surface area contributed by atoms with Gasteiger partial charge in [0.15, 0.2) is 0 Å². The molecule has 0 atom stereocenters. The molecule has 0 radical (unpaired) electrons. The lowest BCUT2D eigenvalue weighted by Crippen LogP contribution is -2.13. The molecule has 2 nitrogen and oxygen atoms in total. The molecule has 2 N–H and O–H groups in total. The summed E-state index contributed by atoms with van der Waals surface area (Å²) in [6.45, 7) is 0.356. The molecule has 94 valence electrons. The SMILES string of the molecule is NC(=S)c1c(F)cccc1OCc1ccc(Br)s1. The average molecular weight is 346 g/mol. The Morgan fingerprint density at radius 2 is 2.17 bits per heavy atom. The van der Waals surface area contributed by atoms with Crippen molar-refractivity contribution in [1.29, 1.82) is 0 Å². The molecule has 0 unspecified atom stereocenters. The topological polar surface area (TPSA) is 35.2 Å². The van der Waals surface area contributed by atoms with Gasteiger partial charge in [-0.05, 0) is 40.2 Å². The molecule has 1 heterocycles. The van der Waals surface area contributed by atoms with Gasteiger partial charge in [0.1, 0.15) is 23.2 Å². The molecule has 1 aromatic heterocycles. The lowest BCUT2D eigenvalue weighted by atomic mass is 10.2. The number of rotatable bonds is 4. The average Bonchev–Trinajstić information content (AvgIpc) is 2.72. The summed E-state index contributed by atoms with van der Waals surface area (Å²) in [4.78, 5) is 1.02. The second-order valence-corrected chi connectivity index (χ2v) is 6.46. The van der Waals surface area contributed by atoms with E-state index < -0.39 is 5.82 Å². The van der Waals surface area contributed by atoms with Gasteiger partial charge in [-0.25, -0.2) is 4.39 Å². The Morgan fingerprint density at radius 3 is 2.78 bits per heavy atom. The minimum Gasteiger partial charge on any atom is -0.487 e. The summed E-state index contributed by atoms with van der Waals surface area (Å²) >= 11 is 9.75. The Balaban J connectivity index is 2.19. The quantitative estimate of drug-likeness (QED) is 0.854. The van der Waals surface area contributed by atoms with Crippen molar-refractivity contribution in [3.8, 4) is 5.75 Å². The van der Waals surface area contributed by atoms with Crippen molar-refractivity contribution < 1.29 is 9.13 Å². The Hall–Kier alpha value is -0.980. The van der Waals surface area contributed by atoms with Crippen LogP contribution in [0.2, 0.25) is 0 Å². The van der Waals surface area contributed by atoms with Crippen molar-refractivity contribution in [2.75, 3.05) is 0 Å². The van der Waals surface area contributed by atoms with Crippen LogP contribution in [0.3, 0.4) is 0 Å². The van der Waals surface area contributed by atoms with Gasteiger partial charge in [0, 0.05) is 4.88 Å². The van der Waals surface area contributed by atoms with Crippen molar-refractivity contribution in [3.05, 3.63) is 50.4 Å². The molecule has 18 heavy (non-hydrogen) atoms. The van der Waals surface area contributed by atoms with E-state index in [4.69, 9.17) is 22.7 Å². The lowest BCUT2D eigenvalue weighted by molar-refractivity contribution is 0.307. The van der Waals surface area contributed by atoms with Gasteiger partial charge in [0.05, 0.1) is 9.35 Å². The summed E-state index contributed by atoms with van der Waals surface area (Å²) in [6.07, 6.45) is 0. The van der Waals surface area contributed by atoms with Crippen molar-refractivity contribution in [2.24, 2.45) is 5.73 Å². The fourth-order valence-electron chi connectivity index (χ4n) is 1.44. The highest BCUT2D eigenvalue weighted by molar-refractivity contribution is 9.11. The summed E-state index contributed by atoms with van der Waals surface area (Å²) in [5.41, 5.74) is 5.65. The summed E-state index contributed by atoms with van der Waals surface area (Å²) < 4.78 is 20.2. The van der Waals surface area contributed by atoms with Crippen molar-refractivity contribution >= 4 is 44.5 Å². The fourth-order valence-corrected chi connectivity index (χ4v) is 3.04. The summed E-state index contributed by atoms with van der Waals surface area (Å²) in [5.74, 6) is -0.0978. The first-order valence-corrected chi connectivity index (χ1v) is 7.05. The Morgan fingerprint density at radius 1 is 1.39 bits per heavy atom. The third-order valence-corrected chi connectivity index (χ3v) is 4.02. The molecule has 0 fully saturated rings. The van der Waals surface area contributed by atoms with E-state index in [1.165, 1.54) is 6.07 Å². The third-order valence-electron chi connectivity index (χ3n) is 2.22. The van der Waals surface area contributed by atoms with Crippen molar-refractivity contribution in [2.45, 2.75) is 6.61 Å². The van der Waals surface area contributed by atoms with Crippen molar-refractivity contribution in [3.63, 3.8) is 0 Å². The van der Waals surface area contributed by atoms with Crippen LogP contribution in [0.15, 0.2) is 34.1 Å². The molecule has 2 rings (SSSR count). The van der Waals surface area contributed by atoms with E-state index >= 15 is 0 Å². The summed E-state index contributed by atoms with van der Waals surface area (Å²) in [5, 5.41) is 0. The molecule has 0 amide bonds. The minimum atomic E-state index is -0.465. The van der Waals surface area contributed by atoms with Crippen LogP contribution in [0.25, 0.3) is 0 Å². The number of ether oxygens (including phenoxy) is 1. The highest BCUT2D eigenvalue weighted by Crippen LogP contribution is 2.26. The largest absolute Gasteiger partial charge is 0.487 e. The second kappa shape index (κ2) is 5.77. The molecular weight excluding hydrogens is 337 g/mol. The maximum atomic E-state index is 13.6. The highest BCUT2D eigenvalue weighted by atomic mass is 79.9. The standard InChI is InChI=1S/C12H9BrFNOS2/c13-10-5-4-7(18-10)6-16-9-3-1-2-8(14)11(9)12(15)17/h1-5H,6H2,(H2,15,17). The molecule has 0 saturated heterocycles. The van der Waals surface area contributed by atoms with Gasteiger partial charge in [0.2, 0.25) is 0 Å². The van der Waals surface area contributed by atoms with E-state index in [1.807, 2.05) is 12.1 Å². The predicted octanol–water partition coefficient (Wildman–Crippen LogP) is 3.86. The second-order valence-electron chi connectivity index (χ2n) is 3.47. The van der Waals surface area contributed by atoms with Gasteiger partial charge in [-0.1, -0.05) is 18.3 Å². The molecule has 1 aromatic carbocycles. The van der Waals surface area contributed by atoms with E-state index in [0.717, 1.165) is 8.66 Å². The first-order valence-electron chi connectivity index (χ1n) is 5.03. The predicted molar refractivity (Wildman–Crippen MR) is 78.6 cm³/mol. The molecule has 0 bridgehead atoms. The number of hydrogen-bond acceptors (Lipinski definition) is 3. The molecule has 2 aromatic rings. The van der Waals surface area contributed by atoms with Crippen LogP contribution < -0.4 is 10.5 Å². The molecule has 6 heteroatoms. The zero-order valence-corrected chi connectivity index (χ0v) is 12.4. The number of thiocarbonyl (C=S) groups is 1. The van der Waals surface area contributed by atoms with Crippen LogP contribution in [0.1, 0.15) is 10.4 Å². The highest BCUT2D eigenvalue weighted by Gasteiger charge is 2.12. The number of thiophene rings is 1. The first kappa shape index (κ1) is 13.5. The van der Waals surface area contributed by atoms with E-state index in [0.29, 0.717) is 12.4 Å². The van der Waals surface area contributed by atoms with E-state index in [-0.39, 0.29) is 10.6 Å². The van der Waals surface area contributed by atoms with Crippen LogP contribution in [0.5, 0.6) is 5.75 Å². The number of nitrogens with two attached hydrogens (primary N) is 1. The van der Waals surface area contributed by atoms with Crippen molar-refractivity contribution in [1.82, 2.24) is 0 Å². The number of benzene rings is 1. The zero-order chi connectivity index (χ0) is 13.1. The summed E-state index contributed by atoms with van der Waals surface area (Å²) in [7, 11) is 0. The van der Waals surface area contributed by atoms with Gasteiger partial charge < -0.3 is 10.5 Å². The van der Waals surface area contributed by atoms with Crippen LogP contribution in [0.4, 0.5) is 4.39 Å². The molecule has 0 aliphatic heterocycles. The first-order chi connectivity index (χ1) is 8.58. The normalized spacial score (nSPS) is 10.3. The van der Waals surface area contributed by atoms with E-state index in [1.54, 1.807) is 23.5 Å². The summed E-state index contributed by atoms with van der Waals surface area (Å²) in [6, 6.07) is 8.40. The number of hydrogen-bond donors (Lipinski definition) is 1. The Labute approximate surface area is 122 Å². The molecule has 0 saturated carbocycles. The fraction of sp³-hybridized carbons (Fsp3) is 0.0833. The van der Waals surface area contributed by atoms with Gasteiger partial charge in [0.25, 0.3) is 0 Å². The third kappa shape index (κ3) is 3.07. The smallest absolute Gasteiger partial charge is 0.137 e. The van der Waals surface area contributed by atoms with E-state index in [9.17, 15) is 4.39 Å². The maximum Gasteiger partial charge on any atom is 0.137 e. The van der Waals surface area contributed by atoms with E-state index in [2.05, 4.69) is 15.9 Å².